The van der Waals surface area contributed by atoms with Gasteiger partial charge in [-0.2, -0.15) is 0 Å². The second kappa shape index (κ2) is 8.26. The van der Waals surface area contributed by atoms with E-state index in [1.54, 1.807) is 23.5 Å². The fraction of sp³-hybridized carbons (Fsp3) is 0.318. The van der Waals surface area contributed by atoms with Gasteiger partial charge in [0.1, 0.15) is 0 Å². The van der Waals surface area contributed by atoms with E-state index < -0.39 is 9.84 Å². The topological polar surface area (TPSA) is 57.7 Å². The zero-order chi connectivity index (χ0) is 20.4. The third kappa shape index (κ3) is 4.69. The van der Waals surface area contributed by atoms with Gasteiger partial charge in [0.05, 0.1) is 9.77 Å². The normalized spacial score (nSPS) is 16.1. The van der Waals surface area contributed by atoms with E-state index in [9.17, 15) is 13.2 Å². The standard InChI is InChI=1S/C22H24N2O3S2/c1-29(26,27)19-9-7-17(8-10-19)16-23-11-4-12-24(14-13-23)22(25)21-15-18-5-2-3-6-20(18)28-21/h2-3,5-10,15H,4,11-14,16H2,1H3. The number of sulfone groups is 1. The molecule has 4 rings (SSSR count). The summed E-state index contributed by atoms with van der Waals surface area (Å²) >= 11 is 1.56. The lowest BCUT2D eigenvalue weighted by Gasteiger charge is -2.21. The average Bonchev–Trinajstić information content (AvgIpc) is 3.00. The Balaban J connectivity index is 1.39. The third-order valence-corrected chi connectivity index (χ3v) is 7.50. The minimum atomic E-state index is -3.17. The van der Waals surface area contributed by atoms with Crippen LogP contribution in [0, 0.1) is 0 Å². The van der Waals surface area contributed by atoms with Gasteiger partial charge in [-0.25, -0.2) is 8.42 Å². The van der Waals surface area contributed by atoms with Crippen LogP contribution in [0.4, 0.5) is 0 Å². The van der Waals surface area contributed by atoms with Gasteiger partial charge in [0.15, 0.2) is 9.84 Å². The monoisotopic (exact) mass is 428 g/mol. The lowest BCUT2D eigenvalue weighted by atomic mass is 10.2. The maximum absolute atomic E-state index is 13.0. The minimum Gasteiger partial charge on any atom is -0.337 e. The lowest BCUT2D eigenvalue weighted by Crippen LogP contribution is -2.34. The molecule has 5 nitrogen and oxygen atoms in total. The van der Waals surface area contributed by atoms with Crippen LogP contribution in [-0.2, 0) is 16.4 Å². The largest absolute Gasteiger partial charge is 0.337 e. The summed E-state index contributed by atoms with van der Waals surface area (Å²) in [6.07, 6.45) is 2.15. The van der Waals surface area contributed by atoms with Crippen molar-refractivity contribution in [2.45, 2.75) is 17.9 Å². The van der Waals surface area contributed by atoms with Crippen LogP contribution in [-0.4, -0.2) is 56.6 Å². The van der Waals surface area contributed by atoms with Crippen molar-refractivity contribution in [2.24, 2.45) is 0 Å². The van der Waals surface area contributed by atoms with E-state index in [4.69, 9.17) is 0 Å². The van der Waals surface area contributed by atoms with Gasteiger partial charge in [0, 0.05) is 43.7 Å². The Hall–Kier alpha value is -2.22. The van der Waals surface area contributed by atoms with Crippen LogP contribution < -0.4 is 0 Å². The number of hydrogen-bond acceptors (Lipinski definition) is 5. The second-order valence-electron chi connectivity index (χ2n) is 7.49. The number of benzene rings is 2. The SMILES string of the molecule is CS(=O)(=O)c1ccc(CN2CCCN(C(=O)c3cc4ccccc4s3)CC2)cc1. The van der Waals surface area contributed by atoms with E-state index in [-0.39, 0.29) is 5.91 Å². The van der Waals surface area contributed by atoms with Crippen molar-refractivity contribution in [3.05, 3.63) is 65.0 Å². The maximum Gasteiger partial charge on any atom is 0.264 e. The van der Waals surface area contributed by atoms with E-state index in [0.29, 0.717) is 11.4 Å². The van der Waals surface area contributed by atoms with Gasteiger partial charge >= 0.3 is 0 Å². The number of hydrogen-bond donors (Lipinski definition) is 0. The molecule has 1 aromatic heterocycles. The molecule has 0 unspecified atom stereocenters. The highest BCUT2D eigenvalue weighted by molar-refractivity contribution is 7.90. The van der Waals surface area contributed by atoms with Crippen molar-refractivity contribution in [3.63, 3.8) is 0 Å². The quantitative estimate of drug-likeness (QED) is 0.636. The summed E-state index contributed by atoms with van der Waals surface area (Å²) in [5, 5.41) is 1.12. The van der Waals surface area contributed by atoms with Crippen LogP contribution in [0.25, 0.3) is 10.1 Å². The predicted molar refractivity (Wildman–Crippen MR) is 117 cm³/mol. The Morgan fingerprint density at radius 3 is 2.48 bits per heavy atom. The summed E-state index contributed by atoms with van der Waals surface area (Å²) in [5.41, 5.74) is 1.08. The fourth-order valence-corrected chi connectivity index (χ4v) is 5.34. The molecule has 0 atom stereocenters. The number of rotatable bonds is 4. The zero-order valence-corrected chi connectivity index (χ0v) is 18.0. The molecule has 29 heavy (non-hydrogen) atoms. The van der Waals surface area contributed by atoms with Gasteiger partial charge in [0.25, 0.3) is 5.91 Å². The fourth-order valence-electron chi connectivity index (χ4n) is 3.68. The second-order valence-corrected chi connectivity index (χ2v) is 10.6. The number of fused-ring (bicyclic) bond motifs is 1. The lowest BCUT2D eigenvalue weighted by molar-refractivity contribution is 0.0766. The van der Waals surface area contributed by atoms with Crippen LogP contribution in [0.3, 0.4) is 0 Å². The molecule has 3 aromatic rings. The highest BCUT2D eigenvalue weighted by Crippen LogP contribution is 2.26. The highest BCUT2D eigenvalue weighted by atomic mass is 32.2. The van der Waals surface area contributed by atoms with Crippen molar-refractivity contribution >= 4 is 37.2 Å². The molecule has 1 saturated heterocycles. The summed E-state index contributed by atoms with van der Waals surface area (Å²) in [5.74, 6) is 0.116. The molecule has 7 heteroatoms. The van der Waals surface area contributed by atoms with Crippen LogP contribution in [0.5, 0.6) is 0 Å². The first kappa shape index (κ1) is 20.1. The predicted octanol–water partition coefficient (Wildman–Crippen LogP) is 3.65. The molecular formula is C22H24N2O3S2. The van der Waals surface area contributed by atoms with E-state index in [1.165, 1.54) is 6.26 Å². The minimum absolute atomic E-state index is 0.116. The molecule has 0 spiro atoms. The average molecular weight is 429 g/mol. The molecule has 152 valence electrons. The number of carbonyl (C=O) groups is 1. The number of nitrogens with zero attached hydrogens (tertiary/aromatic N) is 2. The van der Waals surface area contributed by atoms with Crippen LogP contribution in [0.1, 0.15) is 21.7 Å². The van der Waals surface area contributed by atoms with Crippen LogP contribution >= 0.6 is 11.3 Å². The number of thiophene rings is 1. The summed E-state index contributed by atoms with van der Waals surface area (Å²) in [4.78, 5) is 18.4. The molecule has 1 amide bonds. The molecule has 2 heterocycles. The molecule has 0 saturated carbocycles. The van der Waals surface area contributed by atoms with Gasteiger partial charge in [0.2, 0.25) is 0 Å². The van der Waals surface area contributed by atoms with Crippen molar-refractivity contribution < 1.29 is 13.2 Å². The van der Waals surface area contributed by atoms with Crippen LogP contribution in [0.2, 0.25) is 0 Å². The molecule has 1 fully saturated rings. The maximum atomic E-state index is 13.0. The van der Waals surface area contributed by atoms with E-state index in [1.807, 2.05) is 41.3 Å². The zero-order valence-electron chi connectivity index (χ0n) is 16.4. The molecular weight excluding hydrogens is 404 g/mol. The van der Waals surface area contributed by atoms with Gasteiger partial charge in [-0.3, -0.25) is 9.69 Å². The van der Waals surface area contributed by atoms with Gasteiger partial charge in [-0.15, -0.1) is 11.3 Å². The molecule has 0 radical (unpaired) electrons. The Kier molecular flexibility index (Phi) is 5.72. The van der Waals surface area contributed by atoms with Crippen molar-refractivity contribution in [1.82, 2.24) is 9.80 Å². The molecule has 0 aliphatic carbocycles. The first-order chi connectivity index (χ1) is 13.9. The Bertz CT molecular complexity index is 1090. The molecule has 1 aliphatic heterocycles. The van der Waals surface area contributed by atoms with Gasteiger partial charge in [-0.05, 0) is 41.6 Å². The molecule has 0 N–H and O–H groups in total. The summed E-state index contributed by atoms with van der Waals surface area (Å²) < 4.78 is 24.4. The van der Waals surface area contributed by atoms with E-state index in [2.05, 4.69) is 11.0 Å². The molecule has 1 aliphatic rings. The summed E-state index contributed by atoms with van der Waals surface area (Å²) in [6.45, 7) is 3.95. The number of amides is 1. The van der Waals surface area contributed by atoms with Crippen LogP contribution in [0.15, 0.2) is 59.5 Å². The van der Waals surface area contributed by atoms with Gasteiger partial charge < -0.3 is 4.90 Å². The van der Waals surface area contributed by atoms with Gasteiger partial charge in [-0.1, -0.05) is 30.3 Å². The Morgan fingerprint density at radius 1 is 1.00 bits per heavy atom. The van der Waals surface area contributed by atoms with E-state index in [0.717, 1.165) is 53.1 Å². The summed E-state index contributed by atoms with van der Waals surface area (Å²) in [7, 11) is -3.17. The first-order valence-corrected chi connectivity index (χ1v) is 12.4. The number of carbonyl (C=O) groups excluding carboxylic acids is 1. The third-order valence-electron chi connectivity index (χ3n) is 5.27. The summed E-state index contributed by atoms with van der Waals surface area (Å²) in [6, 6.07) is 17.2. The first-order valence-electron chi connectivity index (χ1n) is 9.69. The van der Waals surface area contributed by atoms with E-state index >= 15 is 0 Å². The van der Waals surface area contributed by atoms with Crippen molar-refractivity contribution in [2.75, 3.05) is 32.4 Å². The Labute approximate surface area is 175 Å². The molecule has 0 bridgehead atoms. The van der Waals surface area contributed by atoms with Crippen molar-refractivity contribution in [3.8, 4) is 0 Å². The highest BCUT2D eigenvalue weighted by Gasteiger charge is 2.22. The molecule has 2 aromatic carbocycles. The smallest absolute Gasteiger partial charge is 0.264 e. The Morgan fingerprint density at radius 2 is 1.76 bits per heavy atom. The van der Waals surface area contributed by atoms with Crippen molar-refractivity contribution in [1.29, 1.82) is 0 Å².